The van der Waals surface area contributed by atoms with Crippen LogP contribution < -0.4 is 5.73 Å². The van der Waals surface area contributed by atoms with E-state index in [1.807, 2.05) is 18.2 Å². The Labute approximate surface area is 72.3 Å². The van der Waals surface area contributed by atoms with Crippen molar-refractivity contribution in [3.05, 3.63) is 35.9 Å². The van der Waals surface area contributed by atoms with Crippen LogP contribution in [0.1, 0.15) is 5.56 Å². The second kappa shape index (κ2) is 2.88. The van der Waals surface area contributed by atoms with Crippen LogP contribution in [0, 0.1) is 0 Å². The van der Waals surface area contributed by atoms with Gasteiger partial charge < -0.3 is 10.5 Å². The summed E-state index contributed by atoms with van der Waals surface area (Å²) in [6, 6.07) is 10.3. The molecule has 1 saturated heterocycles. The van der Waals surface area contributed by atoms with Gasteiger partial charge in [-0.2, -0.15) is 0 Å². The largest absolute Gasteiger partial charge is 0.368 e. The topological polar surface area (TPSA) is 38.5 Å². The lowest BCUT2D eigenvalue weighted by atomic mass is 10.0. The first-order chi connectivity index (χ1) is 5.85. The Kier molecular flexibility index (Phi) is 1.87. The van der Waals surface area contributed by atoms with Crippen molar-refractivity contribution in [1.82, 2.24) is 0 Å². The third-order valence-corrected chi connectivity index (χ3v) is 2.29. The molecule has 0 amide bonds. The van der Waals surface area contributed by atoms with E-state index in [-0.39, 0.29) is 5.60 Å². The maximum absolute atomic E-state index is 5.59. The summed E-state index contributed by atoms with van der Waals surface area (Å²) >= 11 is 0. The fraction of sp³-hybridized carbons (Fsp3) is 0.400. The maximum atomic E-state index is 5.59. The minimum Gasteiger partial charge on any atom is -0.368 e. The lowest BCUT2D eigenvalue weighted by Crippen LogP contribution is -2.26. The van der Waals surface area contributed by atoms with Gasteiger partial charge in [0.05, 0.1) is 6.61 Å². The molecule has 1 aromatic carbocycles. The number of hydrogen-bond donors (Lipinski definition) is 1. The zero-order chi connectivity index (χ0) is 8.44. The third kappa shape index (κ3) is 1.49. The van der Waals surface area contributed by atoms with Gasteiger partial charge in [0.1, 0.15) is 5.60 Å². The molecule has 64 valence electrons. The molecule has 0 radical (unpaired) electrons. The second-order valence-electron chi connectivity index (χ2n) is 3.34. The van der Waals surface area contributed by atoms with Gasteiger partial charge in [0.15, 0.2) is 0 Å². The van der Waals surface area contributed by atoms with Gasteiger partial charge in [-0.05, 0) is 5.56 Å². The van der Waals surface area contributed by atoms with Crippen molar-refractivity contribution in [2.75, 3.05) is 13.2 Å². The molecule has 0 aliphatic carbocycles. The van der Waals surface area contributed by atoms with E-state index in [9.17, 15) is 0 Å². The van der Waals surface area contributed by atoms with Crippen LogP contribution in [0.2, 0.25) is 0 Å². The summed E-state index contributed by atoms with van der Waals surface area (Å²) in [5.41, 5.74) is 6.87. The number of hydrogen-bond acceptors (Lipinski definition) is 2. The van der Waals surface area contributed by atoms with Gasteiger partial charge in [-0.25, -0.2) is 0 Å². The minimum absolute atomic E-state index is 0.0264. The monoisotopic (exact) mass is 163 g/mol. The molecule has 0 spiro atoms. The van der Waals surface area contributed by atoms with Gasteiger partial charge in [-0.15, -0.1) is 0 Å². The molecule has 1 aliphatic rings. The van der Waals surface area contributed by atoms with E-state index in [1.165, 1.54) is 5.56 Å². The predicted octanol–water partition coefficient (Wildman–Crippen LogP) is 0.957. The number of benzene rings is 1. The number of epoxide rings is 1. The van der Waals surface area contributed by atoms with Gasteiger partial charge >= 0.3 is 0 Å². The molecule has 12 heavy (non-hydrogen) atoms. The average Bonchev–Trinajstić information content (AvgIpc) is 2.88. The highest BCUT2D eigenvalue weighted by Gasteiger charge is 2.42. The van der Waals surface area contributed by atoms with E-state index in [1.54, 1.807) is 0 Å². The number of ether oxygens (including phenoxy) is 1. The first kappa shape index (κ1) is 7.77. The Bertz CT molecular complexity index is 254. The van der Waals surface area contributed by atoms with E-state index in [2.05, 4.69) is 12.1 Å². The van der Waals surface area contributed by atoms with Crippen LogP contribution in [0.25, 0.3) is 0 Å². The molecule has 0 saturated carbocycles. The van der Waals surface area contributed by atoms with Gasteiger partial charge in [0.2, 0.25) is 0 Å². The predicted molar refractivity (Wildman–Crippen MR) is 47.9 cm³/mol. The summed E-state index contributed by atoms with van der Waals surface area (Å²) in [5.74, 6) is 0. The van der Waals surface area contributed by atoms with Crippen molar-refractivity contribution in [3.8, 4) is 0 Å². The fourth-order valence-corrected chi connectivity index (χ4v) is 1.36. The van der Waals surface area contributed by atoms with E-state index < -0.39 is 0 Å². The van der Waals surface area contributed by atoms with Crippen molar-refractivity contribution < 1.29 is 4.74 Å². The molecular weight excluding hydrogens is 150 g/mol. The first-order valence-corrected chi connectivity index (χ1v) is 4.23. The average molecular weight is 163 g/mol. The Morgan fingerprint density at radius 3 is 2.50 bits per heavy atom. The highest BCUT2D eigenvalue weighted by atomic mass is 16.6. The highest BCUT2D eigenvalue weighted by molar-refractivity contribution is 5.19. The standard InChI is InChI=1S/C10H13NO/c11-7-10(8-12-10)6-9-4-2-1-3-5-9/h1-5H,6-8,11H2/t10-/m1/s1. The van der Waals surface area contributed by atoms with Gasteiger partial charge in [0, 0.05) is 13.0 Å². The van der Waals surface area contributed by atoms with Crippen LogP contribution in [-0.2, 0) is 11.2 Å². The van der Waals surface area contributed by atoms with Crippen LogP contribution >= 0.6 is 0 Å². The minimum atomic E-state index is -0.0264. The summed E-state index contributed by atoms with van der Waals surface area (Å²) in [7, 11) is 0. The number of rotatable bonds is 3. The smallest absolute Gasteiger partial charge is 0.108 e. The van der Waals surface area contributed by atoms with Crippen LogP contribution in [0.3, 0.4) is 0 Å². The summed E-state index contributed by atoms with van der Waals surface area (Å²) in [4.78, 5) is 0. The molecule has 2 heteroatoms. The Balaban J connectivity index is 2.04. The molecular formula is C10H13NO. The SMILES string of the molecule is NC[C@]1(Cc2ccccc2)CO1. The van der Waals surface area contributed by atoms with E-state index >= 15 is 0 Å². The van der Waals surface area contributed by atoms with Crippen molar-refractivity contribution in [1.29, 1.82) is 0 Å². The normalized spacial score (nSPS) is 27.1. The van der Waals surface area contributed by atoms with Crippen molar-refractivity contribution in [2.45, 2.75) is 12.0 Å². The van der Waals surface area contributed by atoms with Crippen LogP contribution in [0.15, 0.2) is 30.3 Å². The molecule has 2 nitrogen and oxygen atoms in total. The van der Waals surface area contributed by atoms with Crippen molar-refractivity contribution >= 4 is 0 Å². The van der Waals surface area contributed by atoms with Gasteiger partial charge in [-0.1, -0.05) is 30.3 Å². The summed E-state index contributed by atoms with van der Waals surface area (Å²) in [6.45, 7) is 1.44. The lowest BCUT2D eigenvalue weighted by molar-refractivity contribution is 0.308. The summed E-state index contributed by atoms with van der Waals surface area (Å²) < 4.78 is 5.32. The fourth-order valence-electron chi connectivity index (χ4n) is 1.36. The van der Waals surface area contributed by atoms with Gasteiger partial charge in [0.25, 0.3) is 0 Å². The molecule has 0 unspecified atom stereocenters. The lowest BCUT2D eigenvalue weighted by Gasteiger charge is -2.07. The maximum Gasteiger partial charge on any atom is 0.108 e. The zero-order valence-electron chi connectivity index (χ0n) is 6.99. The second-order valence-corrected chi connectivity index (χ2v) is 3.34. The Hall–Kier alpha value is -0.860. The summed E-state index contributed by atoms with van der Waals surface area (Å²) in [5, 5.41) is 0. The Morgan fingerprint density at radius 2 is 2.00 bits per heavy atom. The first-order valence-electron chi connectivity index (χ1n) is 4.23. The van der Waals surface area contributed by atoms with Gasteiger partial charge in [-0.3, -0.25) is 0 Å². The summed E-state index contributed by atoms with van der Waals surface area (Å²) in [6.07, 6.45) is 0.949. The number of nitrogens with two attached hydrogens (primary N) is 1. The molecule has 0 bridgehead atoms. The van der Waals surface area contributed by atoms with Crippen LogP contribution in [0.4, 0.5) is 0 Å². The molecule has 1 fully saturated rings. The molecule has 1 aromatic rings. The van der Waals surface area contributed by atoms with E-state index in [0.29, 0.717) is 6.54 Å². The molecule has 2 rings (SSSR count). The quantitative estimate of drug-likeness (QED) is 0.674. The zero-order valence-corrected chi connectivity index (χ0v) is 6.99. The molecule has 2 N–H and O–H groups in total. The van der Waals surface area contributed by atoms with Crippen molar-refractivity contribution in [3.63, 3.8) is 0 Å². The van der Waals surface area contributed by atoms with E-state index in [0.717, 1.165) is 13.0 Å². The molecule has 1 heterocycles. The Morgan fingerprint density at radius 1 is 1.33 bits per heavy atom. The molecule has 1 aliphatic heterocycles. The third-order valence-electron chi connectivity index (χ3n) is 2.29. The molecule has 1 atom stereocenters. The van der Waals surface area contributed by atoms with Crippen LogP contribution in [0.5, 0.6) is 0 Å². The highest BCUT2D eigenvalue weighted by Crippen LogP contribution is 2.29. The van der Waals surface area contributed by atoms with Crippen molar-refractivity contribution in [2.24, 2.45) is 5.73 Å². The molecule has 0 aromatic heterocycles. The van der Waals surface area contributed by atoms with Crippen LogP contribution in [-0.4, -0.2) is 18.8 Å². The van der Waals surface area contributed by atoms with E-state index in [4.69, 9.17) is 10.5 Å².